The van der Waals surface area contributed by atoms with Gasteiger partial charge in [0.05, 0.1) is 11.4 Å². The molecule has 222 valence electrons. The molecular weight excluding hydrogens is 549 g/mol. The van der Waals surface area contributed by atoms with E-state index in [1.165, 1.54) is 13.0 Å². The van der Waals surface area contributed by atoms with Gasteiger partial charge in [0.25, 0.3) is 0 Å². The van der Waals surface area contributed by atoms with Crippen LogP contribution in [0.5, 0.6) is 0 Å². The van der Waals surface area contributed by atoms with Gasteiger partial charge in [-0.1, -0.05) is 23.7 Å². The van der Waals surface area contributed by atoms with Crippen LogP contribution in [0.25, 0.3) is 5.65 Å². The number of imidazole rings is 1. The SMILES string of the molecule is CC(=O)OCc1nc2c(NC(C)(C)C)cc(Cl)nn2c1Cc1cccc(F)c1C1CCN(C(=O)OC(C)(C)C)CC1. The first-order valence-corrected chi connectivity index (χ1v) is 14.2. The summed E-state index contributed by atoms with van der Waals surface area (Å²) in [5, 5.41) is 8.20. The van der Waals surface area contributed by atoms with E-state index in [0.717, 1.165) is 5.56 Å². The normalized spacial score (nSPS) is 14.8. The number of nitrogens with zero attached hydrogens (tertiary/aromatic N) is 4. The van der Waals surface area contributed by atoms with Crippen LogP contribution < -0.4 is 5.32 Å². The van der Waals surface area contributed by atoms with Gasteiger partial charge in [-0.25, -0.2) is 18.7 Å². The molecule has 9 nitrogen and oxygen atoms in total. The lowest BCUT2D eigenvalue weighted by molar-refractivity contribution is -0.142. The summed E-state index contributed by atoms with van der Waals surface area (Å²) in [4.78, 5) is 30.7. The van der Waals surface area contributed by atoms with Gasteiger partial charge in [0.2, 0.25) is 0 Å². The molecule has 0 bridgehead atoms. The lowest BCUT2D eigenvalue weighted by Gasteiger charge is -2.34. The molecule has 1 fully saturated rings. The molecule has 1 aliphatic heterocycles. The number of anilines is 1. The van der Waals surface area contributed by atoms with E-state index in [2.05, 4.69) is 10.4 Å². The molecule has 1 aromatic carbocycles. The number of halogens is 2. The topological polar surface area (TPSA) is 98.1 Å². The van der Waals surface area contributed by atoms with Gasteiger partial charge >= 0.3 is 12.1 Å². The van der Waals surface area contributed by atoms with Gasteiger partial charge < -0.3 is 19.7 Å². The van der Waals surface area contributed by atoms with Crippen LogP contribution in [0.2, 0.25) is 5.15 Å². The Morgan fingerprint density at radius 1 is 1.15 bits per heavy atom. The molecule has 1 amide bonds. The number of ether oxygens (including phenoxy) is 2. The number of hydrogen-bond donors (Lipinski definition) is 1. The number of fused-ring (bicyclic) bond motifs is 1. The fourth-order valence-electron chi connectivity index (χ4n) is 5.09. The van der Waals surface area contributed by atoms with Crippen LogP contribution in [0.4, 0.5) is 14.9 Å². The number of nitrogens with one attached hydrogen (secondary N) is 1. The van der Waals surface area contributed by atoms with Gasteiger partial charge in [0, 0.05) is 38.0 Å². The fraction of sp³-hybridized carbons (Fsp3) is 0.533. The van der Waals surface area contributed by atoms with Crippen LogP contribution in [-0.4, -0.2) is 55.8 Å². The molecule has 1 saturated heterocycles. The Balaban J connectivity index is 1.69. The van der Waals surface area contributed by atoms with Gasteiger partial charge in [-0.05, 0) is 77.5 Å². The predicted octanol–water partition coefficient (Wildman–Crippen LogP) is 6.50. The summed E-state index contributed by atoms with van der Waals surface area (Å²) in [5.41, 5.74) is 2.91. The van der Waals surface area contributed by atoms with Crippen molar-refractivity contribution in [3.05, 3.63) is 57.8 Å². The first-order valence-electron chi connectivity index (χ1n) is 13.8. The minimum Gasteiger partial charge on any atom is -0.459 e. The number of carbonyl (C=O) groups is 2. The summed E-state index contributed by atoms with van der Waals surface area (Å²) in [5.74, 6) is -0.819. The van der Waals surface area contributed by atoms with Crippen LogP contribution in [0.1, 0.15) is 89.7 Å². The van der Waals surface area contributed by atoms with Crippen molar-refractivity contribution in [2.45, 2.75) is 91.4 Å². The molecule has 3 aromatic rings. The zero-order chi connectivity index (χ0) is 30.1. The highest BCUT2D eigenvalue weighted by atomic mass is 35.5. The third kappa shape index (κ3) is 7.67. The van der Waals surface area contributed by atoms with Crippen molar-refractivity contribution >= 4 is 35.0 Å². The maximum absolute atomic E-state index is 15.5. The molecule has 0 unspecified atom stereocenters. The van der Waals surface area contributed by atoms with Gasteiger partial charge in [0.1, 0.15) is 23.7 Å². The highest BCUT2D eigenvalue weighted by molar-refractivity contribution is 6.29. The number of esters is 1. The lowest BCUT2D eigenvalue weighted by atomic mass is 9.85. The zero-order valence-corrected chi connectivity index (χ0v) is 25.6. The molecule has 0 atom stereocenters. The van der Waals surface area contributed by atoms with Crippen molar-refractivity contribution in [2.24, 2.45) is 0 Å². The van der Waals surface area contributed by atoms with E-state index in [-0.39, 0.29) is 35.1 Å². The number of aromatic nitrogens is 3. The van der Waals surface area contributed by atoms with Crippen molar-refractivity contribution < 1.29 is 23.5 Å². The lowest BCUT2D eigenvalue weighted by Crippen LogP contribution is -2.41. The third-order valence-electron chi connectivity index (χ3n) is 6.71. The van der Waals surface area contributed by atoms with Gasteiger partial charge in [-0.3, -0.25) is 4.79 Å². The molecule has 2 aromatic heterocycles. The van der Waals surface area contributed by atoms with Crippen LogP contribution in [0.3, 0.4) is 0 Å². The summed E-state index contributed by atoms with van der Waals surface area (Å²) in [7, 11) is 0. The Bertz CT molecular complexity index is 1440. The second-order valence-electron chi connectivity index (χ2n) is 12.5. The molecule has 0 saturated carbocycles. The zero-order valence-electron chi connectivity index (χ0n) is 24.8. The maximum Gasteiger partial charge on any atom is 0.410 e. The average Bonchev–Trinajstić information content (AvgIpc) is 3.18. The van der Waals surface area contributed by atoms with E-state index in [4.69, 9.17) is 26.1 Å². The standard InChI is InChI=1S/C30H39ClFN5O4/c1-18(38)40-17-23-24(37-27(33-23)22(16-25(31)35-37)34-29(2,3)4)15-20-9-8-10-21(32)26(20)19-11-13-36(14-12-19)28(39)41-30(5,6)7/h8-10,16,19,34H,11-15,17H2,1-7H3. The van der Waals surface area contributed by atoms with E-state index in [1.807, 2.05) is 47.6 Å². The second kappa shape index (κ2) is 11.8. The Morgan fingerprint density at radius 2 is 1.83 bits per heavy atom. The van der Waals surface area contributed by atoms with E-state index >= 15 is 4.39 Å². The minimum absolute atomic E-state index is 0.0560. The maximum atomic E-state index is 15.5. The van der Waals surface area contributed by atoms with Crippen LogP contribution in [0, 0.1) is 5.82 Å². The van der Waals surface area contributed by atoms with Crippen LogP contribution in [0.15, 0.2) is 24.3 Å². The molecule has 0 spiro atoms. The van der Waals surface area contributed by atoms with E-state index in [0.29, 0.717) is 60.6 Å². The largest absolute Gasteiger partial charge is 0.459 e. The van der Waals surface area contributed by atoms with E-state index < -0.39 is 11.6 Å². The highest BCUT2D eigenvalue weighted by Crippen LogP contribution is 2.35. The van der Waals surface area contributed by atoms with Crippen molar-refractivity contribution in [1.29, 1.82) is 0 Å². The van der Waals surface area contributed by atoms with Crippen LogP contribution >= 0.6 is 11.6 Å². The van der Waals surface area contributed by atoms with Crippen molar-refractivity contribution in [1.82, 2.24) is 19.5 Å². The smallest absolute Gasteiger partial charge is 0.410 e. The molecule has 11 heteroatoms. The summed E-state index contributed by atoms with van der Waals surface area (Å²) in [6.07, 6.45) is 1.14. The van der Waals surface area contributed by atoms with Gasteiger partial charge in [0.15, 0.2) is 10.8 Å². The molecule has 1 N–H and O–H groups in total. The number of rotatable bonds is 6. The Labute approximate surface area is 245 Å². The van der Waals surface area contributed by atoms with E-state index in [1.54, 1.807) is 21.5 Å². The first kappa shape index (κ1) is 30.6. The number of benzene rings is 1. The number of amides is 1. The Morgan fingerprint density at radius 3 is 2.44 bits per heavy atom. The minimum atomic E-state index is -0.580. The van der Waals surface area contributed by atoms with Crippen LogP contribution in [-0.2, 0) is 27.3 Å². The summed E-state index contributed by atoms with van der Waals surface area (Å²) in [6, 6.07) is 6.76. The van der Waals surface area contributed by atoms with Crippen molar-refractivity contribution in [3.8, 4) is 0 Å². The molecule has 3 heterocycles. The summed E-state index contributed by atoms with van der Waals surface area (Å²) >= 11 is 6.43. The highest BCUT2D eigenvalue weighted by Gasteiger charge is 2.30. The number of piperidine rings is 1. The Hall–Kier alpha value is -3.40. The summed E-state index contributed by atoms with van der Waals surface area (Å²) in [6.45, 7) is 13.8. The fourth-order valence-corrected chi connectivity index (χ4v) is 5.27. The predicted molar refractivity (Wildman–Crippen MR) is 156 cm³/mol. The average molecular weight is 588 g/mol. The molecule has 0 aliphatic carbocycles. The van der Waals surface area contributed by atoms with Gasteiger partial charge in [-0.15, -0.1) is 0 Å². The molecule has 1 aliphatic rings. The molecule has 4 rings (SSSR count). The van der Waals surface area contributed by atoms with Gasteiger partial charge in [-0.2, -0.15) is 5.10 Å². The quantitative estimate of drug-likeness (QED) is 0.329. The van der Waals surface area contributed by atoms with Crippen molar-refractivity contribution in [2.75, 3.05) is 18.4 Å². The van der Waals surface area contributed by atoms with E-state index in [9.17, 15) is 9.59 Å². The number of carbonyl (C=O) groups excluding carboxylic acids is 2. The number of hydrogen-bond acceptors (Lipinski definition) is 7. The monoisotopic (exact) mass is 587 g/mol. The Kier molecular flexibility index (Phi) is 8.82. The first-order chi connectivity index (χ1) is 19.1. The molecule has 41 heavy (non-hydrogen) atoms. The number of likely N-dealkylation sites (tertiary alicyclic amines) is 1. The second-order valence-corrected chi connectivity index (χ2v) is 12.9. The summed E-state index contributed by atoms with van der Waals surface area (Å²) < 4.78 is 28.0. The molecule has 0 radical (unpaired) electrons. The van der Waals surface area contributed by atoms with Crippen molar-refractivity contribution in [3.63, 3.8) is 0 Å². The third-order valence-corrected chi connectivity index (χ3v) is 6.89. The molecular formula is C30H39ClFN5O4.